The molecular weight excluding hydrogens is 422 g/mol. The van der Waals surface area contributed by atoms with Crippen LogP contribution in [0.1, 0.15) is 13.8 Å². The lowest BCUT2D eigenvalue weighted by molar-refractivity contribution is -0.407. The Morgan fingerprint density at radius 1 is 0.964 bits per heavy atom. The molecule has 28 heavy (non-hydrogen) atoms. The lowest BCUT2D eigenvalue weighted by atomic mass is 10.2. The van der Waals surface area contributed by atoms with Crippen LogP contribution in [0.4, 0.5) is 17.1 Å². The number of hydrogen-bond donors (Lipinski definition) is 0. The van der Waals surface area contributed by atoms with Crippen molar-refractivity contribution in [2.45, 2.75) is 30.1 Å². The summed E-state index contributed by atoms with van der Waals surface area (Å²) in [5.74, 6) is 0. The number of rotatable bonds is 7. The van der Waals surface area contributed by atoms with Crippen LogP contribution >= 0.6 is 0 Å². The quantitative estimate of drug-likeness (QED) is 0.259. The van der Waals surface area contributed by atoms with Gasteiger partial charge in [-0.05, 0) is 24.7 Å². The van der Waals surface area contributed by atoms with Gasteiger partial charge >= 0.3 is 11.4 Å². The molecule has 0 aliphatic carbocycles. The Balaban J connectivity index is 0.000000684. The topological polar surface area (TPSA) is 196 Å². The number of hydrogen-bond acceptors (Lipinski definition) is 10. The normalized spacial score (nSPS) is 13.2. The molecule has 158 valence electrons. The molecule has 0 N–H and O–H groups in total. The van der Waals surface area contributed by atoms with Crippen LogP contribution in [0.2, 0.25) is 0 Å². The smallest absolute Gasteiger partial charge is 0.300 e. The summed E-state index contributed by atoms with van der Waals surface area (Å²) in [6.45, 7) is 4.36. The summed E-state index contributed by atoms with van der Waals surface area (Å²) in [4.78, 5) is 25.8. The van der Waals surface area contributed by atoms with Gasteiger partial charge in [0.15, 0.2) is 0 Å². The highest BCUT2D eigenvalue weighted by Crippen LogP contribution is 2.36. The number of nitro benzene ring substituents is 3. The molecule has 0 aliphatic rings. The lowest BCUT2D eigenvalue weighted by Crippen LogP contribution is -2.28. The van der Waals surface area contributed by atoms with Crippen LogP contribution < -0.4 is 0 Å². The van der Waals surface area contributed by atoms with Crippen molar-refractivity contribution < 1.29 is 32.5 Å². The number of nitrogens with zero attached hydrogens (tertiary/aromatic N) is 3. The molecule has 0 heterocycles. The minimum Gasteiger partial charge on any atom is -0.744 e. The van der Waals surface area contributed by atoms with E-state index < -0.39 is 46.8 Å². The molecule has 15 heteroatoms. The van der Waals surface area contributed by atoms with E-state index in [0.29, 0.717) is 22.2 Å². The van der Waals surface area contributed by atoms with Gasteiger partial charge in [-0.25, -0.2) is 8.42 Å². The summed E-state index contributed by atoms with van der Waals surface area (Å²) < 4.78 is 37.7. The molecule has 0 amide bonds. The molecule has 2 unspecified atom stereocenters. The predicted octanol–water partition coefficient (Wildman–Crippen LogP) is 1.60. The molecule has 1 aromatic carbocycles. The zero-order valence-corrected chi connectivity index (χ0v) is 17.2. The van der Waals surface area contributed by atoms with E-state index in [9.17, 15) is 43.3 Å². The summed E-state index contributed by atoms with van der Waals surface area (Å²) in [6, 6.07) is 0.329. The first kappa shape index (κ1) is 25.6. The molecule has 0 spiro atoms. The van der Waals surface area contributed by atoms with E-state index in [0.717, 1.165) is 0 Å². The van der Waals surface area contributed by atoms with Crippen molar-refractivity contribution in [2.75, 3.05) is 19.6 Å². The third-order valence-electron chi connectivity index (χ3n) is 3.67. The zero-order chi connectivity index (χ0) is 22.4. The SMILES string of the molecule is COC(C)C(C)[S+](C)C.O=[N+]([O-])c1cc([N+](=O)[O-])c(S(=O)(=O)[O-])c([N+](=O)[O-])c1. The summed E-state index contributed by atoms with van der Waals surface area (Å²) in [5.41, 5.74) is -4.11. The number of methoxy groups -OCH3 is 1. The monoisotopic (exact) mass is 441 g/mol. The van der Waals surface area contributed by atoms with Crippen molar-refractivity contribution in [3.8, 4) is 0 Å². The molecule has 0 radical (unpaired) electrons. The summed E-state index contributed by atoms with van der Waals surface area (Å²) in [7, 11) is -3.30. The number of nitro groups is 3. The Bertz CT molecular complexity index is 821. The zero-order valence-electron chi connectivity index (χ0n) is 15.6. The average Bonchev–Trinajstić information content (AvgIpc) is 2.58. The van der Waals surface area contributed by atoms with Crippen molar-refractivity contribution in [3.05, 3.63) is 42.5 Å². The van der Waals surface area contributed by atoms with Gasteiger partial charge in [0.25, 0.3) is 5.69 Å². The van der Waals surface area contributed by atoms with Crippen LogP contribution in [0.3, 0.4) is 0 Å². The second kappa shape index (κ2) is 10.3. The molecule has 0 saturated carbocycles. The molecule has 0 fully saturated rings. The maximum atomic E-state index is 10.8. The Morgan fingerprint density at radius 3 is 1.54 bits per heavy atom. The van der Waals surface area contributed by atoms with Gasteiger partial charge < -0.3 is 9.29 Å². The fourth-order valence-corrected chi connectivity index (χ4v) is 3.45. The Kier molecular flexibility index (Phi) is 9.39. The molecule has 0 aliphatic heterocycles. The van der Waals surface area contributed by atoms with Gasteiger partial charge in [0.1, 0.15) is 21.5 Å². The van der Waals surface area contributed by atoms with Crippen LogP contribution in [-0.4, -0.2) is 58.7 Å². The Hall–Kier alpha value is -2.36. The highest BCUT2D eigenvalue weighted by Gasteiger charge is 2.34. The van der Waals surface area contributed by atoms with Crippen LogP contribution in [0.5, 0.6) is 0 Å². The van der Waals surface area contributed by atoms with Crippen LogP contribution in [-0.2, 0) is 25.7 Å². The van der Waals surface area contributed by atoms with E-state index in [2.05, 4.69) is 26.4 Å². The first-order valence-electron chi connectivity index (χ1n) is 7.31. The Morgan fingerprint density at radius 2 is 1.36 bits per heavy atom. The third kappa shape index (κ3) is 6.99. The van der Waals surface area contributed by atoms with E-state index in [1.165, 1.54) is 0 Å². The van der Waals surface area contributed by atoms with Gasteiger partial charge in [0, 0.05) is 7.11 Å². The summed E-state index contributed by atoms with van der Waals surface area (Å²) in [6.07, 6.45) is 4.91. The minimum absolute atomic E-state index is 0.164. The molecule has 0 aromatic heterocycles. The molecule has 1 aromatic rings. The number of ether oxygens (including phenoxy) is 1. The van der Waals surface area contributed by atoms with Crippen LogP contribution in [0.25, 0.3) is 0 Å². The highest BCUT2D eigenvalue weighted by atomic mass is 32.2. The summed E-state index contributed by atoms with van der Waals surface area (Å²) in [5, 5.41) is 32.3. The fraction of sp³-hybridized carbons (Fsp3) is 0.538. The van der Waals surface area contributed by atoms with Gasteiger partial charge in [-0.2, -0.15) is 0 Å². The Labute approximate surface area is 163 Å². The highest BCUT2D eigenvalue weighted by molar-refractivity contribution is 7.96. The number of benzene rings is 1. The fourth-order valence-electron chi connectivity index (χ4n) is 1.79. The molecule has 1 rings (SSSR count). The van der Waals surface area contributed by atoms with Crippen LogP contribution in [0.15, 0.2) is 17.0 Å². The largest absolute Gasteiger partial charge is 0.744 e. The lowest BCUT2D eigenvalue weighted by Gasteiger charge is -2.14. The molecule has 0 bridgehead atoms. The van der Waals surface area contributed by atoms with Crippen molar-refractivity contribution in [1.29, 1.82) is 0 Å². The summed E-state index contributed by atoms with van der Waals surface area (Å²) >= 11 is 0. The van der Waals surface area contributed by atoms with Crippen LogP contribution in [0, 0.1) is 30.3 Å². The van der Waals surface area contributed by atoms with Gasteiger partial charge in [0.2, 0.25) is 4.90 Å². The minimum atomic E-state index is -5.55. The van der Waals surface area contributed by atoms with E-state index in [4.69, 9.17) is 4.74 Å². The van der Waals surface area contributed by atoms with E-state index in [1.54, 1.807) is 7.11 Å². The second-order valence-corrected chi connectivity index (χ2v) is 9.38. The molecule has 13 nitrogen and oxygen atoms in total. The first-order valence-corrected chi connectivity index (χ1v) is 10.8. The van der Waals surface area contributed by atoms with Crippen molar-refractivity contribution in [3.63, 3.8) is 0 Å². The first-order chi connectivity index (χ1) is 12.6. The van der Waals surface area contributed by atoms with Gasteiger partial charge in [0.05, 0.1) is 39.4 Å². The maximum Gasteiger partial charge on any atom is 0.300 e. The maximum absolute atomic E-state index is 10.8. The average molecular weight is 441 g/mol. The van der Waals surface area contributed by atoms with Gasteiger partial charge in [-0.15, -0.1) is 0 Å². The molecule has 0 saturated heterocycles. The number of non-ortho nitro benzene ring substituents is 1. The third-order valence-corrected chi connectivity index (χ3v) is 6.45. The van der Waals surface area contributed by atoms with Crippen molar-refractivity contribution in [1.82, 2.24) is 0 Å². The van der Waals surface area contributed by atoms with Crippen molar-refractivity contribution >= 4 is 38.1 Å². The standard InChI is InChI=1S/C7H17OS.C6H3N3O9S/c1-6(8-3)7(2)9(4)5;10-7(11)3-1-4(8(12)13)6(19(16,17)18)5(2-3)9(14)15/h6-7H,1-5H3;1-2H,(H,16,17,18)/q+1;/p-1. The van der Waals surface area contributed by atoms with E-state index in [1.807, 2.05) is 0 Å². The van der Waals surface area contributed by atoms with Gasteiger partial charge in [-0.1, -0.05) is 0 Å². The van der Waals surface area contributed by atoms with Gasteiger partial charge in [-0.3, -0.25) is 30.3 Å². The molecular formula is C13H19N3O10S2. The van der Waals surface area contributed by atoms with E-state index >= 15 is 0 Å². The predicted molar refractivity (Wildman–Crippen MR) is 99.5 cm³/mol. The van der Waals surface area contributed by atoms with Crippen molar-refractivity contribution in [2.24, 2.45) is 0 Å². The van der Waals surface area contributed by atoms with E-state index in [-0.39, 0.29) is 12.1 Å². The second-order valence-electron chi connectivity index (χ2n) is 5.56. The molecule has 2 atom stereocenters.